The van der Waals surface area contributed by atoms with E-state index in [-0.39, 0.29) is 23.7 Å². The first-order chi connectivity index (χ1) is 14.0. The highest BCUT2D eigenvalue weighted by Crippen LogP contribution is 2.34. The van der Waals surface area contributed by atoms with Crippen LogP contribution in [0.1, 0.15) is 6.42 Å². The van der Waals surface area contributed by atoms with Crippen molar-refractivity contribution >= 4 is 21.4 Å². The van der Waals surface area contributed by atoms with Crippen LogP contribution in [-0.4, -0.2) is 57.0 Å². The van der Waals surface area contributed by atoms with Gasteiger partial charge < -0.3 is 14.4 Å². The van der Waals surface area contributed by atoms with Crippen molar-refractivity contribution in [1.82, 2.24) is 4.31 Å². The number of sulfonamides is 1. The van der Waals surface area contributed by atoms with Gasteiger partial charge in [-0.3, -0.25) is 10.1 Å². The summed E-state index contributed by atoms with van der Waals surface area (Å²) in [6.45, 7) is 2.23. The minimum atomic E-state index is -3.70. The molecule has 0 aliphatic carbocycles. The minimum absolute atomic E-state index is 0.0201. The lowest BCUT2D eigenvalue weighted by Crippen LogP contribution is -2.48. The van der Waals surface area contributed by atoms with Crippen molar-refractivity contribution in [3.63, 3.8) is 0 Å². The van der Waals surface area contributed by atoms with Gasteiger partial charge in [0.15, 0.2) is 11.5 Å². The van der Waals surface area contributed by atoms with Gasteiger partial charge in [-0.15, -0.1) is 0 Å². The van der Waals surface area contributed by atoms with E-state index in [0.717, 1.165) is 6.42 Å². The summed E-state index contributed by atoms with van der Waals surface area (Å²) >= 11 is 0. The van der Waals surface area contributed by atoms with Gasteiger partial charge in [0, 0.05) is 44.7 Å². The second-order valence-electron chi connectivity index (χ2n) is 6.80. The molecule has 0 atom stereocenters. The van der Waals surface area contributed by atoms with Gasteiger partial charge in [0.25, 0.3) is 5.69 Å². The second-order valence-corrected chi connectivity index (χ2v) is 8.73. The zero-order valence-corrected chi connectivity index (χ0v) is 16.5. The molecule has 4 rings (SSSR count). The summed E-state index contributed by atoms with van der Waals surface area (Å²) in [6, 6.07) is 11.1. The Morgan fingerprint density at radius 3 is 2.34 bits per heavy atom. The number of nitro benzene ring substituents is 1. The van der Waals surface area contributed by atoms with Crippen molar-refractivity contribution in [3.05, 3.63) is 52.6 Å². The molecule has 0 radical (unpaired) electrons. The lowest BCUT2D eigenvalue weighted by molar-refractivity contribution is -0.384. The minimum Gasteiger partial charge on any atom is -0.490 e. The predicted octanol–water partition coefficient (Wildman–Crippen LogP) is 2.27. The third-order valence-electron chi connectivity index (χ3n) is 5.01. The van der Waals surface area contributed by atoms with Gasteiger partial charge in [-0.25, -0.2) is 8.42 Å². The summed E-state index contributed by atoms with van der Waals surface area (Å²) in [6.07, 6.45) is 0.740. The number of hydrogen-bond donors (Lipinski definition) is 0. The van der Waals surface area contributed by atoms with Crippen molar-refractivity contribution in [1.29, 1.82) is 0 Å². The zero-order valence-electron chi connectivity index (χ0n) is 15.7. The van der Waals surface area contributed by atoms with Crippen molar-refractivity contribution in [2.45, 2.75) is 11.3 Å². The Bertz CT molecular complexity index is 1020. The van der Waals surface area contributed by atoms with Crippen LogP contribution in [0.15, 0.2) is 47.4 Å². The normalized spacial score (nSPS) is 17.6. The molecule has 0 amide bonds. The lowest BCUT2D eigenvalue weighted by Gasteiger charge is -2.35. The number of piperazine rings is 1. The predicted molar refractivity (Wildman–Crippen MR) is 106 cm³/mol. The fourth-order valence-electron chi connectivity index (χ4n) is 3.51. The highest BCUT2D eigenvalue weighted by atomic mass is 32.2. The summed E-state index contributed by atoms with van der Waals surface area (Å²) < 4.78 is 38.7. The quantitative estimate of drug-likeness (QED) is 0.553. The van der Waals surface area contributed by atoms with Crippen LogP contribution >= 0.6 is 0 Å². The first-order valence-electron chi connectivity index (χ1n) is 9.35. The van der Waals surface area contributed by atoms with E-state index in [9.17, 15) is 18.5 Å². The number of fused-ring (bicyclic) bond motifs is 1. The highest BCUT2D eigenvalue weighted by molar-refractivity contribution is 7.89. The van der Waals surface area contributed by atoms with Crippen LogP contribution < -0.4 is 14.4 Å². The van der Waals surface area contributed by atoms with Crippen molar-refractivity contribution < 1.29 is 22.8 Å². The average molecular weight is 419 g/mol. The number of rotatable bonds is 4. The number of ether oxygens (including phenoxy) is 2. The van der Waals surface area contributed by atoms with Gasteiger partial charge in [-0.05, 0) is 18.2 Å². The molecule has 9 nitrogen and oxygen atoms in total. The Hall–Kier alpha value is -2.85. The Kier molecular flexibility index (Phi) is 5.29. The van der Waals surface area contributed by atoms with E-state index >= 15 is 0 Å². The molecule has 0 bridgehead atoms. The summed E-state index contributed by atoms with van der Waals surface area (Å²) in [5, 5.41) is 11.3. The highest BCUT2D eigenvalue weighted by Gasteiger charge is 2.31. The Labute approximate surface area is 168 Å². The largest absolute Gasteiger partial charge is 0.490 e. The molecule has 2 heterocycles. The molecule has 10 heteroatoms. The van der Waals surface area contributed by atoms with E-state index in [1.54, 1.807) is 24.3 Å². The monoisotopic (exact) mass is 419 g/mol. The fraction of sp³-hybridized carbons (Fsp3) is 0.368. The van der Waals surface area contributed by atoms with Gasteiger partial charge in [-0.1, -0.05) is 12.1 Å². The molecule has 2 aromatic carbocycles. The number of nitro groups is 1. The van der Waals surface area contributed by atoms with Gasteiger partial charge in [0.05, 0.1) is 23.0 Å². The molecule has 29 heavy (non-hydrogen) atoms. The third kappa shape index (κ3) is 3.85. The molecule has 0 N–H and O–H groups in total. The molecule has 1 fully saturated rings. The van der Waals surface area contributed by atoms with E-state index in [2.05, 4.69) is 0 Å². The van der Waals surface area contributed by atoms with Crippen LogP contribution in [0.25, 0.3) is 0 Å². The van der Waals surface area contributed by atoms with E-state index in [4.69, 9.17) is 9.47 Å². The average Bonchev–Trinajstić information content (AvgIpc) is 2.98. The Balaban J connectivity index is 1.51. The molecule has 1 saturated heterocycles. The van der Waals surface area contributed by atoms with Crippen LogP contribution in [0.5, 0.6) is 11.5 Å². The number of hydrogen-bond acceptors (Lipinski definition) is 7. The van der Waals surface area contributed by atoms with Gasteiger partial charge >= 0.3 is 0 Å². The molecule has 2 aliphatic rings. The molecule has 154 valence electrons. The van der Waals surface area contributed by atoms with Gasteiger partial charge in [0.1, 0.15) is 5.69 Å². The summed E-state index contributed by atoms with van der Waals surface area (Å²) in [4.78, 5) is 12.8. The number of para-hydroxylation sites is 2. The summed E-state index contributed by atoms with van der Waals surface area (Å²) in [5.74, 6) is 0.977. The summed E-state index contributed by atoms with van der Waals surface area (Å²) in [7, 11) is -3.70. The SMILES string of the molecule is O=[N+]([O-])c1ccccc1N1CCN(S(=O)(=O)c2ccc3c(c2)OCCCO3)CC1. The van der Waals surface area contributed by atoms with Crippen LogP contribution in [0.2, 0.25) is 0 Å². The summed E-state index contributed by atoms with van der Waals surface area (Å²) in [5.41, 5.74) is 0.525. The molecular weight excluding hydrogens is 398 g/mol. The fourth-order valence-corrected chi connectivity index (χ4v) is 4.95. The zero-order chi connectivity index (χ0) is 20.4. The topological polar surface area (TPSA) is 102 Å². The molecule has 0 unspecified atom stereocenters. The molecule has 2 aromatic rings. The van der Waals surface area contributed by atoms with Crippen LogP contribution in [-0.2, 0) is 10.0 Å². The molecule has 0 spiro atoms. The smallest absolute Gasteiger partial charge is 0.292 e. The molecule has 0 saturated carbocycles. The second kappa shape index (κ2) is 7.88. The van der Waals surface area contributed by atoms with Crippen molar-refractivity contribution in [3.8, 4) is 11.5 Å². The number of anilines is 1. The lowest BCUT2D eigenvalue weighted by atomic mass is 10.2. The first-order valence-corrected chi connectivity index (χ1v) is 10.8. The molecular formula is C19H21N3O6S. The van der Waals surface area contributed by atoms with Crippen molar-refractivity contribution in [2.75, 3.05) is 44.3 Å². The van der Waals surface area contributed by atoms with Crippen LogP contribution in [0.3, 0.4) is 0 Å². The van der Waals surface area contributed by atoms with Crippen LogP contribution in [0, 0.1) is 10.1 Å². The van der Waals surface area contributed by atoms with Gasteiger partial charge in [0.2, 0.25) is 10.0 Å². The van der Waals surface area contributed by atoms with E-state index in [0.29, 0.717) is 43.5 Å². The maximum Gasteiger partial charge on any atom is 0.292 e. The maximum atomic E-state index is 13.1. The maximum absolute atomic E-state index is 13.1. The standard InChI is InChI=1S/C19H21N3O6S/c23-22(24)17-5-2-1-4-16(17)20-8-10-21(11-9-20)29(25,26)15-6-7-18-19(14-15)28-13-3-12-27-18/h1-2,4-7,14H,3,8-13H2. The molecule has 0 aromatic heterocycles. The van der Waals surface area contributed by atoms with E-state index < -0.39 is 14.9 Å². The number of nitrogens with zero attached hydrogens (tertiary/aromatic N) is 3. The van der Waals surface area contributed by atoms with Gasteiger partial charge in [-0.2, -0.15) is 4.31 Å². The Morgan fingerprint density at radius 2 is 1.62 bits per heavy atom. The van der Waals surface area contributed by atoms with Crippen molar-refractivity contribution in [2.24, 2.45) is 0 Å². The van der Waals surface area contributed by atoms with E-state index in [1.165, 1.54) is 22.5 Å². The third-order valence-corrected chi connectivity index (χ3v) is 6.91. The molecule has 2 aliphatic heterocycles. The Morgan fingerprint density at radius 1 is 0.931 bits per heavy atom. The van der Waals surface area contributed by atoms with Crippen LogP contribution in [0.4, 0.5) is 11.4 Å². The first kappa shape index (κ1) is 19.5. The van der Waals surface area contributed by atoms with E-state index in [1.807, 2.05) is 4.90 Å². The number of benzene rings is 2.